The van der Waals surface area contributed by atoms with E-state index in [1.54, 1.807) is 12.1 Å². The summed E-state index contributed by atoms with van der Waals surface area (Å²) in [6.07, 6.45) is 0. The van der Waals surface area contributed by atoms with Crippen LogP contribution >= 0.6 is 0 Å². The molecule has 1 fully saturated rings. The first-order valence-corrected chi connectivity index (χ1v) is 11.5. The highest BCUT2D eigenvalue weighted by Crippen LogP contribution is 2.27. The molecule has 4 rings (SSSR count). The molecule has 0 bridgehead atoms. The van der Waals surface area contributed by atoms with Crippen molar-refractivity contribution in [3.63, 3.8) is 0 Å². The summed E-state index contributed by atoms with van der Waals surface area (Å²) in [5, 5.41) is 12.7. The summed E-state index contributed by atoms with van der Waals surface area (Å²) in [5.74, 6) is 0.0708. The smallest absolute Gasteiger partial charge is 0.239 e. The molecule has 1 saturated heterocycles. The summed E-state index contributed by atoms with van der Waals surface area (Å²) in [6, 6.07) is 17.0. The topological polar surface area (TPSA) is 64.3 Å². The molecule has 0 radical (unpaired) electrons. The average molecular weight is 460 g/mol. The first-order chi connectivity index (χ1) is 16.4. The fourth-order valence-electron chi connectivity index (χ4n) is 4.46. The van der Waals surface area contributed by atoms with E-state index in [0.717, 1.165) is 43.0 Å². The second-order valence-corrected chi connectivity index (χ2v) is 8.91. The number of amides is 1. The Labute approximate surface area is 200 Å². The van der Waals surface area contributed by atoms with E-state index in [-0.39, 0.29) is 18.3 Å². The van der Waals surface area contributed by atoms with Crippen molar-refractivity contribution in [1.82, 2.24) is 9.47 Å². The minimum atomic E-state index is -0.294. The molecule has 3 aromatic rings. The molecule has 2 aromatic carbocycles. The Morgan fingerprint density at radius 3 is 2.41 bits per heavy atom. The molecule has 0 unspecified atom stereocenters. The molecular weight excluding hydrogens is 429 g/mol. The summed E-state index contributed by atoms with van der Waals surface area (Å²) in [6.45, 7) is 9.93. The highest BCUT2D eigenvalue weighted by atomic mass is 19.1. The minimum absolute atomic E-state index is 0.140. The van der Waals surface area contributed by atoms with Gasteiger partial charge in [-0.1, -0.05) is 24.3 Å². The first-order valence-electron chi connectivity index (χ1n) is 11.5. The Morgan fingerprint density at radius 2 is 1.76 bits per heavy atom. The number of benzene rings is 2. The van der Waals surface area contributed by atoms with Crippen molar-refractivity contribution in [2.45, 2.75) is 27.3 Å². The van der Waals surface area contributed by atoms with Gasteiger partial charge >= 0.3 is 0 Å². The Morgan fingerprint density at radius 1 is 1.06 bits per heavy atom. The molecule has 1 aromatic heterocycles. The molecule has 176 valence electrons. The molecule has 1 aliphatic rings. The van der Waals surface area contributed by atoms with Crippen LogP contribution in [0.3, 0.4) is 0 Å². The molecule has 7 heteroatoms. The fraction of sp³-hybridized carbons (Fsp3) is 0.333. The zero-order valence-electron chi connectivity index (χ0n) is 19.9. The van der Waals surface area contributed by atoms with E-state index in [9.17, 15) is 14.4 Å². The van der Waals surface area contributed by atoms with Crippen LogP contribution in [0.5, 0.6) is 0 Å². The second kappa shape index (κ2) is 10.1. The largest absolute Gasteiger partial charge is 0.369 e. The van der Waals surface area contributed by atoms with Crippen LogP contribution in [0.15, 0.2) is 48.5 Å². The molecule has 34 heavy (non-hydrogen) atoms. The van der Waals surface area contributed by atoms with Crippen LogP contribution in [-0.2, 0) is 11.3 Å². The molecule has 2 heterocycles. The summed E-state index contributed by atoms with van der Waals surface area (Å²) >= 11 is 0. The number of anilines is 2. The second-order valence-electron chi connectivity index (χ2n) is 8.91. The van der Waals surface area contributed by atoms with Crippen molar-refractivity contribution < 1.29 is 9.18 Å². The molecular formula is C27H30FN5O. The van der Waals surface area contributed by atoms with E-state index in [2.05, 4.69) is 52.4 Å². The quantitative estimate of drug-likeness (QED) is 0.599. The molecule has 1 amide bonds. The normalized spacial score (nSPS) is 14.1. The number of piperazine rings is 1. The van der Waals surface area contributed by atoms with Crippen LogP contribution in [0.1, 0.15) is 27.9 Å². The predicted octanol–water partition coefficient (Wildman–Crippen LogP) is 4.23. The lowest BCUT2D eigenvalue weighted by atomic mass is 10.2. The molecule has 1 aliphatic heterocycles. The maximum atomic E-state index is 13.3. The molecule has 6 nitrogen and oxygen atoms in total. The van der Waals surface area contributed by atoms with Crippen molar-refractivity contribution in [3.05, 3.63) is 82.3 Å². The SMILES string of the molecule is Cc1cccc(N2CCN(CC(=O)Nc3c(C#N)c(C)c(C)n3Cc3ccc(F)cc3)CC2)c1. The van der Waals surface area contributed by atoms with Gasteiger partial charge in [0, 0.05) is 44.1 Å². The van der Waals surface area contributed by atoms with E-state index >= 15 is 0 Å². The number of hydrogen-bond acceptors (Lipinski definition) is 4. The number of rotatable bonds is 6. The monoisotopic (exact) mass is 459 g/mol. The Balaban J connectivity index is 1.43. The zero-order valence-corrected chi connectivity index (χ0v) is 19.9. The molecule has 1 N–H and O–H groups in total. The van der Waals surface area contributed by atoms with Crippen molar-refractivity contribution >= 4 is 17.4 Å². The minimum Gasteiger partial charge on any atom is -0.369 e. The molecule has 0 atom stereocenters. The van der Waals surface area contributed by atoms with E-state index in [4.69, 9.17) is 0 Å². The number of hydrogen-bond donors (Lipinski definition) is 1. The van der Waals surface area contributed by atoms with Gasteiger partial charge in [-0.3, -0.25) is 9.69 Å². The lowest BCUT2D eigenvalue weighted by Gasteiger charge is -2.35. The van der Waals surface area contributed by atoms with Crippen LogP contribution in [0.25, 0.3) is 0 Å². The van der Waals surface area contributed by atoms with E-state index in [0.29, 0.717) is 17.9 Å². The first kappa shape index (κ1) is 23.5. The lowest BCUT2D eigenvalue weighted by molar-refractivity contribution is -0.117. The number of nitrogens with one attached hydrogen (secondary N) is 1. The van der Waals surface area contributed by atoms with Crippen molar-refractivity contribution in [3.8, 4) is 6.07 Å². The number of nitriles is 1. The van der Waals surface area contributed by atoms with E-state index in [1.807, 2.05) is 18.4 Å². The number of carbonyl (C=O) groups excluding carboxylic acids is 1. The summed E-state index contributed by atoms with van der Waals surface area (Å²) < 4.78 is 15.3. The maximum absolute atomic E-state index is 13.3. The van der Waals surface area contributed by atoms with Gasteiger partial charge in [0.15, 0.2) is 0 Å². The van der Waals surface area contributed by atoms with Crippen LogP contribution < -0.4 is 10.2 Å². The maximum Gasteiger partial charge on any atom is 0.239 e. The number of carbonyl (C=O) groups is 1. The third kappa shape index (κ3) is 5.13. The Hall–Kier alpha value is -3.63. The van der Waals surface area contributed by atoms with Crippen molar-refractivity contribution in [2.75, 3.05) is 42.9 Å². The number of aryl methyl sites for hydroxylation is 1. The van der Waals surface area contributed by atoms with Gasteiger partial charge in [0.25, 0.3) is 0 Å². The average Bonchev–Trinajstić information content (AvgIpc) is 3.04. The highest BCUT2D eigenvalue weighted by Gasteiger charge is 2.23. The van der Waals surface area contributed by atoms with Gasteiger partial charge in [-0.05, 0) is 61.7 Å². The third-order valence-corrected chi connectivity index (χ3v) is 6.56. The number of aromatic nitrogens is 1. The van der Waals surface area contributed by atoms with Crippen molar-refractivity contribution in [2.24, 2.45) is 0 Å². The third-order valence-electron chi connectivity index (χ3n) is 6.56. The highest BCUT2D eigenvalue weighted by molar-refractivity contribution is 5.93. The Kier molecular flexibility index (Phi) is 6.99. The van der Waals surface area contributed by atoms with Crippen LogP contribution in [0.2, 0.25) is 0 Å². The lowest BCUT2D eigenvalue weighted by Crippen LogP contribution is -2.48. The standard InChI is InChI=1S/C27H30FN5O/c1-19-5-4-6-24(15-19)32-13-11-31(12-14-32)18-26(34)30-27-25(16-29)20(2)21(3)33(27)17-22-7-9-23(28)10-8-22/h4-10,15H,11-14,17-18H2,1-3H3,(H,30,34). The molecule has 0 spiro atoms. The van der Waals surface area contributed by atoms with Crippen LogP contribution in [0, 0.1) is 37.9 Å². The van der Waals surface area contributed by atoms with Gasteiger partial charge in [-0.15, -0.1) is 0 Å². The van der Waals surface area contributed by atoms with Gasteiger partial charge in [0.1, 0.15) is 17.7 Å². The summed E-state index contributed by atoms with van der Waals surface area (Å²) in [4.78, 5) is 17.5. The zero-order chi connectivity index (χ0) is 24.2. The van der Waals surface area contributed by atoms with Gasteiger partial charge in [-0.25, -0.2) is 4.39 Å². The summed E-state index contributed by atoms with van der Waals surface area (Å²) in [7, 11) is 0. The molecule has 0 saturated carbocycles. The van der Waals surface area contributed by atoms with Gasteiger partial charge in [0.2, 0.25) is 5.91 Å². The molecule has 0 aliphatic carbocycles. The number of halogens is 1. The van der Waals surface area contributed by atoms with Gasteiger partial charge in [0.05, 0.1) is 12.1 Å². The van der Waals surface area contributed by atoms with Crippen LogP contribution in [-0.4, -0.2) is 48.1 Å². The van der Waals surface area contributed by atoms with Crippen molar-refractivity contribution in [1.29, 1.82) is 5.26 Å². The van der Waals surface area contributed by atoms with E-state index in [1.165, 1.54) is 23.4 Å². The predicted molar refractivity (Wildman–Crippen MR) is 133 cm³/mol. The Bertz CT molecular complexity index is 1220. The summed E-state index contributed by atoms with van der Waals surface area (Å²) in [5.41, 5.74) is 5.56. The van der Waals surface area contributed by atoms with E-state index < -0.39 is 0 Å². The fourth-order valence-corrected chi connectivity index (χ4v) is 4.46. The van der Waals surface area contributed by atoms with Gasteiger partial charge < -0.3 is 14.8 Å². The number of nitrogens with zero attached hydrogens (tertiary/aromatic N) is 4. The van der Waals surface area contributed by atoms with Crippen LogP contribution in [0.4, 0.5) is 15.9 Å². The van der Waals surface area contributed by atoms with Gasteiger partial charge in [-0.2, -0.15) is 5.26 Å².